The molecular weight excluding hydrogens is 192 g/mol. The minimum absolute atomic E-state index is 0.188. The standard InChI is InChI=1S/C11H12N2O2/c1-8-5-9(3-2-4-14)7-10(6-8)13-11(12)15/h5-7,14H,4H2,1H3,(H3,12,13,15). The van der Waals surface area contributed by atoms with Crippen LogP contribution in [0, 0.1) is 18.8 Å². The predicted octanol–water partition coefficient (Wildman–Crippen LogP) is 0.829. The van der Waals surface area contributed by atoms with Crippen LogP contribution in [0.2, 0.25) is 0 Å². The second-order valence-electron chi connectivity index (χ2n) is 3.04. The molecular formula is C11H12N2O2. The van der Waals surface area contributed by atoms with E-state index in [2.05, 4.69) is 17.2 Å². The van der Waals surface area contributed by atoms with Crippen LogP contribution < -0.4 is 11.1 Å². The predicted molar refractivity (Wildman–Crippen MR) is 58.3 cm³/mol. The fourth-order valence-corrected chi connectivity index (χ4v) is 1.21. The summed E-state index contributed by atoms with van der Waals surface area (Å²) in [4.78, 5) is 10.6. The summed E-state index contributed by atoms with van der Waals surface area (Å²) in [5.74, 6) is 5.29. The van der Waals surface area contributed by atoms with Crippen molar-refractivity contribution in [1.82, 2.24) is 0 Å². The lowest BCUT2D eigenvalue weighted by Gasteiger charge is -2.03. The van der Waals surface area contributed by atoms with Gasteiger partial charge >= 0.3 is 6.03 Å². The second kappa shape index (κ2) is 5.03. The highest BCUT2D eigenvalue weighted by Crippen LogP contribution is 2.13. The minimum atomic E-state index is -0.610. The topological polar surface area (TPSA) is 75.3 Å². The number of aliphatic hydroxyl groups is 1. The summed E-state index contributed by atoms with van der Waals surface area (Å²) in [6.07, 6.45) is 0. The van der Waals surface area contributed by atoms with Crippen LogP contribution in [0.25, 0.3) is 0 Å². The normalized spacial score (nSPS) is 8.93. The third kappa shape index (κ3) is 3.71. The van der Waals surface area contributed by atoms with Gasteiger partial charge in [-0.3, -0.25) is 0 Å². The molecule has 1 aromatic rings. The molecule has 0 aliphatic carbocycles. The Balaban J connectivity index is 2.99. The highest BCUT2D eigenvalue weighted by Gasteiger charge is 1.98. The molecule has 2 amide bonds. The molecule has 4 nitrogen and oxygen atoms in total. The fourth-order valence-electron chi connectivity index (χ4n) is 1.21. The van der Waals surface area contributed by atoms with Crippen LogP contribution in [-0.2, 0) is 0 Å². The van der Waals surface area contributed by atoms with Crippen molar-refractivity contribution in [3.63, 3.8) is 0 Å². The molecule has 0 aliphatic heterocycles. The molecule has 0 saturated heterocycles. The van der Waals surface area contributed by atoms with Crippen molar-refractivity contribution >= 4 is 11.7 Å². The first-order valence-electron chi connectivity index (χ1n) is 4.39. The molecule has 0 atom stereocenters. The van der Waals surface area contributed by atoms with Crippen molar-refractivity contribution in [3.05, 3.63) is 29.3 Å². The maximum atomic E-state index is 10.6. The molecule has 0 aromatic heterocycles. The molecule has 4 heteroatoms. The van der Waals surface area contributed by atoms with Gasteiger partial charge in [0.25, 0.3) is 0 Å². The van der Waals surface area contributed by atoms with Crippen LogP contribution >= 0.6 is 0 Å². The van der Waals surface area contributed by atoms with Crippen molar-refractivity contribution in [2.45, 2.75) is 6.92 Å². The third-order valence-electron chi connectivity index (χ3n) is 1.66. The van der Waals surface area contributed by atoms with Crippen molar-refractivity contribution < 1.29 is 9.90 Å². The van der Waals surface area contributed by atoms with Gasteiger partial charge in [0.1, 0.15) is 6.61 Å². The summed E-state index contributed by atoms with van der Waals surface area (Å²) < 4.78 is 0. The zero-order valence-corrected chi connectivity index (χ0v) is 8.37. The minimum Gasteiger partial charge on any atom is -0.384 e. The lowest BCUT2D eigenvalue weighted by atomic mass is 10.1. The molecule has 15 heavy (non-hydrogen) atoms. The number of anilines is 1. The van der Waals surface area contributed by atoms with Crippen LogP contribution in [0.3, 0.4) is 0 Å². The third-order valence-corrected chi connectivity index (χ3v) is 1.66. The number of benzene rings is 1. The highest BCUT2D eigenvalue weighted by molar-refractivity contribution is 5.88. The van der Waals surface area contributed by atoms with Gasteiger partial charge in [-0.1, -0.05) is 11.8 Å². The van der Waals surface area contributed by atoms with Gasteiger partial charge in [0, 0.05) is 11.3 Å². The number of nitrogens with two attached hydrogens (primary N) is 1. The van der Waals surface area contributed by atoms with Crippen LogP contribution in [0.15, 0.2) is 18.2 Å². The zero-order valence-electron chi connectivity index (χ0n) is 8.37. The first kappa shape index (κ1) is 11.1. The number of carbonyl (C=O) groups excluding carboxylic acids is 1. The van der Waals surface area contributed by atoms with Crippen molar-refractivity contribution in [2.24, 2.45) is 5.73 Å². The number of hydrogen-bond acceptors (Lipinski definition) is 2. The number of amides is 2. The fraction of sp³-hybridized carbons (Fsp3) is 0.182. The average molecular weight is 204 g/mol. The SMILES string of the molecule is Cc1cc(C#CCO)cc(NC(N)=O)c1. The summed E-state index contributed by atoms with van der Waals surface area (Å²) in [5.41, 5.74) is 7.29. The monoisotopic (exact) mass is 204 g/mol. The van der Waals surface area contributed by atoms with E-state index in [1.165, 1.54) is 0 Å². The Bertz CT molecular complexity index is 430. The quantitative estimate of drug-likeness (QED) is 0.593. The Morgan fingerprint density at radius 3 is 2.87 bits per heavy atom. The number of hydrogen-bond donors (Lipinski definition) is 3. The van der Waals surface area contributed by atoms with Gasteiger partial charge in [-0.15, -0.1) is 0 Å². The number of aryl methyl sites for hydroxylation is 1. The zero-order chi connectivity index (χ0) is 11.3. The summed E-state index contributed by atoms with van der Waals surface area (Å²) in [6.45, 7) is 1.70. The van der Waals surface area contributed by atoms with Gasteiger partial charge in [0.05, 0.1) is 0 Å². The van der Waals surface area contributed by atoms with Gasteiger partial charge in [-0.25, -0.2) is 4.79 Å². The summed E-state index contributed by atoms with van der Waals surface area (Å²) in [6, 6.07) is 4.73. The Labute approximate surface area is 88.1 Å². The van der Waals surface area contributed by atoms with E-state index in [1.54, 1.807) is 12.1 Å². The molecule has 1 aromatic carbocycles. The van der Waals surface area contributed by atoms with Crippen molar-refractivity contribution in [3.8, 4) is 11.8 Å². The molecule has 0 radical (unpaired) electrons. The van der Waals surface area contributed by atoms with Crippen LogP contribution in [0.4, 0.5) is 10.5 Å². The molecule has 0 bridgehead atoms. The van der Waals surface area contributed by atoms with Crippen molar-refractivity contribution in [2.75, 3.05) is 11.9 Å². The molecule has 0 spiro atoms. The van der Waals surface area contributed by atoms with Gasteiger partial charge in [-0.05, 0) is 30.7 Å². The van der Waals surface area contributed by atoms with Gasteiger partial charge in [-0.2, -0.15) is 0 Å². The number of aliphatic hydroxyl groups excluding tert-OH is 1. The van der Waals surface area contributed by atoms with Gasteiger partial charge < -0.3 is 16.2 Å². The summed E-state index contributed by atoms with van der Waals surface area (Å²) in [7, 11) is 0. The smallest absolute Gasteiger partial charge is 0.316 e. The number of rotatable bonds is 1. The average Bonchev–Trinajstić information content (AvgIpc) is 2.12. The summed E-state index contributed by atoms with van der Waals surface area (Å²) in [5, 5.41) is 11.0. The molecule has 4 N–H and O–H groups in total. The maximum Gasteiger partial charge on any atom is 0.316 e. The molecule has 0 aliphatic rings. The Hall–Kier alpha value is -1.99. The van der Waals surface area contributed by atoms with E-state index in [1.807, 2.05) is 13.0 Å². The van der Waals surface area contributed by atoms with Gasteiger partial charge in [0.2, 0.25) is 0 Å². The lowest BCUT2D eigenvalue weighted by Crippen LogP contribution is -2.19. The van der Waals surface area contributed by atoms with Crippen LogP contribution in [0.1, 0.15) is 11.1 Å². The number of primary amides is 1. The maximum absolute atomic E-state index is 10.6. The molecule has 0 saturated carbocycles. The molecule has 0 heterocycles. The van der Waals surface area contributed by atoms with E-state index < -0.39 is 6.03 Å². The van der Waals surface area contributed by atoms with Crippen molar-refractivity contribution in [1.29, 1.82) is 0 Å². The molecule has 0 unspecified atom stereocenters. The first-order chi connectivity index (χ1) is 7.11. The highest BCUT2D eigenvalue weighted by atomic mass is 16.2. The van der Waals surface area contributed by atoms with E-state index in [0.29, 0.717) is 5.69 Å². The Morgan fingerprint density at radius 2 is 2.27 bits per heavy atom. The number of nitrogens with one attached hydrogen (secondary N) is 1. The Kier molecular flexibility index (Phi) is 3.72. The van der Waals surface area contributed by atoms with E-state index in [4.69, 9.17) is 10.8 Å². The van der Waals surface area contributed by atoms with E-state index in [0.717, 1.165) is 11.1 Å². The first-order valence-corrected chi connectivity index (χ1v) is 4.39. The van der Waals surface area contributed by atoms with E-state index in [-0.39, 0.29) is 6.61 Å². The van der Waals surface area contributed by atoms with Crippen LogP contribution in [-0.4, -0.2) is 17.7 Å². The molecule has 78 valence electrons. The second-order valence-corrected chi connectivity index (χ2v) is 3.04. The van der Waals surface area contributed by atoms with Gasteiger partial charge in [0.15, 0.2) is 0 Å². The number of urea groups is 1. The van der Waals surface area contributed by atoms with E-state index >= 15 is 0 Å². The number of carbonyl (C=O) groups is 1. The Morgan fingerprint density at radius 1 is 1.53 bits per heavy atom. The molecule has 1 rings (SSSR count). The largest absolute Gasteiger partial charge is 0.384 e. The van der Waals surface area contributed by atoms with Crippen LogP contribution in [0.5, 0.6) is 0 Å². The summed E-state index contributed by atoms with van der Waals surface area (Å²) >= 11 is 0. The lowest BCUT2D eigenvalue weighted by molar-refractivity contribution is 0.259. The van der Waals surface area contributed by atoms with E-state index in [9.17, 15) is 4.79 Å². The molecule has 0 fully saturated rings.